The Morgan fingerprint density at radius 3 is 1.73 bits per heavy atom. The molecule has 0 spiro atoms. The van der Waals surface area contributed by atoms with Crippen molar-refractivity contribution in [1.29, 1.82) is 0 Å². The van der Waals surface area contributed by atoms with Gasteiger partial charge in [-0.1, -0.05) is 72.8 Å². The summed E-state index contributed by atoms with van der Waals surface area (Å²) in [6, 6.07) is 28.5. The van der Waals surface area contributed by atoms with Crippen LogP contribution in [0.15, 0.2) is 84.9 Å². The van der Waals surface area contributed by atoms with Crippen LogP contribution in [0.4, 0.5) is 5.69 Å². The molecular formula is C21H20BCl2NO. The lowest BCUT2D eigenvalue weighted by atomic mass is 9.75. The van der Waals surface area contributed by atoms with E-state index in [0.717, 1.165) is 22.4 Å². The molecule has 0 radical (unpaired) electrons. The predicted molar refractivity (Wildman–Crippen MR) is 111 cm³/mol. The van der Waals surface area contributed by atoms with Crippen LogP contribution in [-0.2, 0) is 10.3 Å². The largest absolute Gasteiger partial charge is 0.517 e. The topological polar surface area (TPSA) is 9.23 Å². The van der Waals surface area contributed by atoms with E-state index in [-0.39, 0.29) is 4.39 Å². The number of para-hydroxylation sites is 1. The van der Waals surface area contributed by atoms with Gasteiger partial charge in [0.25, 0.3) is 0 Å². The molecule has 0 N–H and O–H groups in total. The van der Waals surface area contributed by atoms with E-state index in [4.69, 9.17) is 27.6 Å². The lowest BCUT2D eigenvalue weighted by Gasteiger charge is -2.58. The van der Waals surface area contributed by atoms with Gasteiger partial charge >= 0.3 is 5.31 Å². The zero-order valence-electron chi connectivity index (χ0n) is 14.8. The van der Waals surface area contributed by atoms with Gasteiger partial charge < -0.3 is 9.05 Å². The van der Waals surface area contributed by atoms with Crippen LogP contribution < -0.4 is 4.39 Å². The van der Waals surface area contributed by atoms with Gasteiger partial charge in [-0.2, -0.15) is 0 Å². The first-order chi connectivity index (χ1) is 12.4. The molecule has 2 nitrogen and oxygen atoms in total. The summed E-state index contributed by atoms with van der Waals surface area (Å²) in [6.45, 7) is 0. The SMILES string of the molecule is C[N+]1(C)c2ccccc2C(c2ccccc2)(c2ccccc2)O[B-]1(Cl)Cl. The van der Waals surface area contributed by atoms with E-state index in [1.165, 1.54) is 0 Å². The van der Waals surface area contributed by atoms with Crippen LogP contribution in [0.25, 0.3) is 0 Å². The molecule has 26 heavy (non-hydrogen) atoms. The van der Waals surface area contributed by atoms with E-state index in [9.17, 15) is 0 Å². The fourth-order valence-electron chi connectivity index (χ4n) is 3.80. The molecule has 1 aliphatic rings. The average Bonchev–Trinajstić information content (AvgIpc) is 2.67. The van der Waals surface area contributed by atoms with Crippen molar-refractivity contribution in [2.75, 3.05) is 14.1 Å². The lowest BCUT2D eigenvalue weighted by molar-refractivity contribution is 0.125. The molecular weight excluding hydrogens is 364 g/mol. The molecule has 1 heterocycles. The third-order valence-corrected chi connectivity index (χ3v) is 6.49. The van der Waals surface area contributed by atoms with Gasteiger partial charge in [0.15, 0.2) is 0 Å². The molecule has 4 rings (SSSR count). The molecule has 132 valence electrons. The fourth-order valence-corrected chi connectivity index (χ4v) is 4.28. The Morgan fingerprint density at radius 2 is 1.19 bits per heavy atom. The molecule has 0 saturated carbocycles. The van der Waals surface area contributed by atoms with Crippen LogP contribution in [0, 0.1) is 0 Å². The van der Waals surface area contributed by atoms with Gasteiger partial charge in [-0.15, -0.1) is 0 Å². The Bertz CT molecular complexity index is 890. The van der Waals surface area contributed by atoms with E-state index in [1.54, 1.807) is 0 Å². The molecule has 3 aromatic carbocycles. The summed E-state index contributed by atoms with van der Waals surface area (Å²) >= 11 is 13.7. The molecule has 0 fully saturated rings. The van der Waals surface area contributed by atoms with Gasteiger partial charge in [0, 0.05) is 19.7 Å². The smallest absolute Gasteiger partial charge is 0.496 e. The Hall–Kier alpha value is -1.78. The Morgan fingerprint density at radius 1 is 0.731 bits per heavy atom. The first kappa shape index (κ1) is 17.6. The number of fused-ring (bicyclic) bond motifs is 1. The summed E-state index contributed by atoms with van der Waals surface area (Å²) in [5.41, 5.74) is 3.26. The van der Waals surface area contributed by atoms with E-state index in [2.05, 4.69) is 36.4 Å². The van der Waals surface area contributed by atoms with Gasteiger partial charge in [0.05, 0.1) is 5.69 Å². The molecule has 0 bridgehead atoms. The molecule has 0 amide bonds. The lowest BCUT2D eigenvalue weighted by Crippen LogP contribution is -2.67. The third kappa shape index (κ3) is 2.43. The van der Waals surface area contributed by atoms with E-state index >= 15 is 0 Å². The normalized spacial score (nSPS) is 19.5. The zero-order valence-corrected chi connectivity index (χ0v) is 16.3. The highest BCUT2D eigenvalue weighted by molar-refractivity contribution is 7.42. The van der Waals surface area contributed by atoms with Crippen LogP contribution in [0.1, 0.15) is 16.7 Å². The van der Waals surface area contributed by atoms with Crippen molar-refractivity contribution < 1.29 is 4.65 Å². The second kappa shape index (κ2) is 6.14. The maximum atomic E-state index is 6.85. The maximum Gasteiger partial charge on any atom is 0.517 e. The van der Waals surface area contributed by atoms with Gasteiger partial charge in [-0.05, 0) is 23.3 Å². The first-order valence-corrected chi connectivity index (χ1v) is 9.52. The van der Waals surface area contributed by atoms with E-state index < -0.39 is 10.9 Å². The molecule has 1 aliphatic heterocycles. The highest BCUT2D eigenvalue weighted by Crippen LogP contribution is 2.54. The summed E-state index contributed by atoms with van der Waals surface area (Å²) in [4.78, 5) is 0. The number of quaternary nitrogens is 1. The van der Waals surface area contributed by atoms with Gasteiger partial charge in [0.1, 0.15) is 5.60 Å². The van der Waals surface area contributed by atoms with Crippen molar-refractivity contribution in [3.05, 3.63) is 102 Å². The molecule has 5 heteroatoms. The minimum atomic E-state index is -2.24. The standard InChI is InChI=1S/C21H20BCl2NO/c1-25(2)20-16-10-9-15-19(20)21(26-22(25,23)24,17-11-5-3-6-12-17)18-13-7-4-8-14-18/h3-16H,1-2H3. The fraction of sp³-hybridized carbons (Fsp3) is 0.143. The number of hydrogen-bond donors (Lipinski definition) is 0. The second-order valence-electron chi connectivity index (χ2n) is 7.15. The summed E-state index contributed by atoms with van der Waals surface area (Å²) in [7, 11) is 3.97. The van der Waals surface area contributed by atoms with E-state index in [0.29, 0.717) is 0 Å². The van der Waals surface area contributed by atoms with Crippen LogP contribution in [0.3, 0.4) is 0 Å². The monoisotopic (exact) mass is 383 g/mol. The van der Waals surface area contributed by atoms with Crippen molar-refractivity contribution in [2.24, 2.45) is 0 Å². The predicted octanol–water partition coefficient (Wildman–Crippen LogP) is 5.49. The van der Waals surface area contributed by atoms with Crippen molar-refractivity contribution >= 4 is 33.9 Å². The number of hydrogen-bond acceptors (Lipinski definition) is 1. The summed E-state index contributed by atoms with van der Waals surface area (Å²) in [5, 5.41) is -2.24. The molecule has 0 atom stereocenters. The Kier molecular flexibility index (Phi) is 4.16. The number of benzene rings is 3. The van der Waals surface area contributed by atoms with Gasteiger partial charge in [-0.3, -0.25) is 22.9 Å². The Labute approximate surface area is 164 Å². The van der Waals surface area contributed by atoms with Crippen LogP contribution in [-0.4, -0.2) is 19.4 Å². The Balaban J connectivity index is 2.13. The van der Waals surface area contributed by atoms with Crippen molar-refractivity contribution in [3.8, 4) is 0 Å². The molecule has 3 aromatic rings. The van der Waals surface area contributed by atoms with Crippen LogP contribution in [0.5, 0.6) is 0 Å². The highest BCUT2D eigenvalue weighted by Gasteiger charge is 2.56. The summed E-state index contributed by atoms with van der Waals surface area (Å²) < 4.78 is 6.91. The summed E-state index contributed by atoms with van der Waals surface area (Å²) in [6.07, 6.45) is 0. The molecule has 0 unspecified atom stereocenters. The molecule has 0 aromatic heterocycles. The first-order valence-electron chi connectivity index (χ1n) is 8.65. The van der Waals surface area contributed by atoms with Gasteiger partial charge in [0.2, 0.25) is 0 Å². The average molecular weight is 384 g/mol. The van der Waals surface area contributed by atoms with Crippen molar-refractivity contribution in [3.63, 3.8) is 0 Å². The molecule has 0 aliphatic carbocycles. The highest BCUT2D eigenvalue weighted by atomic mass is 35.5. The second-order valence-corrected chi connectivity index (χ2v) is 8.56. The van der Waals surface area contributed by atoms with Crippen molar-refractivity contribution in [2.45, 2.75) is 5.60 Å². The van der Waals surface area contributed by atoms with Crippen LogP contribution >= 0.6 is 22.9 Å². The van der Waals surface area contributed by atoms with Gasteiger partial charge in [-0.25, -0.2) is 0 Å². The van der Waals surface area contributed by atoms with Crippen LogP contribution in [0.2, 0.25) is 0 Å². The third-order valence-electron chi connectivity index (χ3n) is 5.33. The maximum absolute atomic E-state index is 6.85. The summed E-state index contributed by atoms with van der Waals surface area (Å²) in [5.74, 6) is 0. The number of rotatable bonds is 2. The van der Waals surface area contributed by atoms with Crippen molar-refractivity contribution in [1.82, 2.24) is 4.39 Å². The minimum Gasteiger partial charge on any atom is -0.496 e. The van der Waals surface area contributed by atoms with E-state index in [1.807, 2.05) is 62.6 Å². The number of nitrogens with zero attached hydrogens (tertiary/aromatic N) is 1. The minimum absolute atomic E-state index is 0.265. The quantitative estimate of drug-likeness (QED) is 0.531. The molecule has 0 saturated heterocycles. The number of halogens is 2. The zero-order chi connectivity index (χ0) is 18.4.